The number of nitrogens with zero attached hydrogens (tertiary/aromatic N) is 2. The van der Waals surface area contributed by atoms with Gasteiger partial charge >= 0.3 is 6.03 Å². The van der Waals surface area contributed by atoms with Crippen LogP contribution in [-0.4, -0.2) is 42.6 Å². The first-order valence-corrected chi connectivity index (χ1v) is 5.66. The molecule has 1 aromatic carbocycles. The highest BCUT2D eigenvalue weighted by Gasteiger charge is 2.47. The summed E-state index contributed by atoms with van der Waals surface area (Å²) in [6, 6.07) is 4.48. The molecule has 1 atom stereocenters. The van der Waals surface area contributed by atoms with Crippen LogP contribution in [0.3, 0.4) is 0 Å². The Balaban J connectivity index is 1.97. The Bertz CT molecular complexity index is 496. The van der Waals surface area contributed by atoms with Crippen LogP contribution in [0.2, 0.25) is 0 Å². The van der Waals surface area contributed by atoms with E-state index < -0.39 is 17.9 Å². The summed E-state index contributed by atoms with van der Waals surface area (Å²) in [6.07, 6.45) is 0. The van der Waals surface area contributed by atoms with Gasteiger partial charge in [0.2, 0.25) is 0 Å². The monoisotopic (exact) mass is 250 g/mol. The molecule has 1 aromatic rings. The third-order valence-corrected chi connectivity index (χ3v) is 3.14. The van der Waals surface area contributed by atoms with Gasteiger partial charge in [0, 0.05) is 6.54 Å². The number of benzene rings is 1. The maximum absolute atomic E-state index is 13.2. The van der Waals surface area contributed by atoms with Gasteiger partial charge in [-0.3, -0.25) is 4.79 Å². The minimum atomic E-state index is -0.575. The summed E-state index contributed by atoms with van der Waals surface area (Å²) in [6.45, 7) is 1.02. The average Bonchev–Trinajstić information content (AvgIpc) is 2.63. The molecule has 5 nitrogen and oxygen atoms in total. The highest BCUT2D eigenvalue weighted by atomic mass is 19.1. The van der Waals surface area contributed by atoms with Crippen LogP contribution in [0.5, 0.6) is 0 Å². The normalized spacial score (nSPS) is 23.5. The molecule has 0 N–H and O–H groups in total. The Kier molecular flexibility index (Phi) is 2.52. The molecule has 2 fully saturated rings. The first-order chi connectivity index (χ1) is 8.68. The molecule has 3 rings (SSSR count). The highest BCUT2D eigenvalue weighted by Crippen LogP contribution is 2.27. The van der Waals surface area contributed by atoms with Crippen LogP contribution in [0.4, 0.5) is 14.9 Å². The summed E-state index contributed by atoms with van der Waals surface area (Å²) in [5, 5.41) is 0. The molecule has 2 aliphatic heterocycles. The largest absolute Gasteiger partial charge is 0.377 e. The van der Waals surface area contributed by atoms with Gasteiger partial charge < -0.3 is 9.64 Å². The lowest BCUT2D eigenvalue weighted by molar-refractivity contribution is -0.123. The zero-order valence-corrected chi connectivity index (χ0v) is 9.51. The molecule has 0 aliphatic carbocycles. The maximum Gasteiger partial charge on any atom is 0.332 e. The lowest BCUT2D eigenvalue weighted by atomic mass is 10.2. The third-order valence-electron chi connectivity index (χ3n) is 3.14. The molecule has 0 bridgehead atoms. The molecule has 2 heterocycles. The topological polar surface area (TPSA) is 49.9 Å². The molecule has 2 aliphatic rings. The number of hydrogen-bond donors (Lipinski definition) is 0. The average molecular weight is 250 g/mol. The lowest BCUT2D eigenvalue weighted by Gasteiger charge is -2.26. The van der Waals surface area contributed by atoms with Crippen LogP contribution < -0.4 is 4.90 Å². The van der Waals surface area contributed by atoms with E-state index in [1.165, 1.54) is 29.2 Å². The molecule has 2 saturated heterocycles. The van der Waals surface area contributed by atoms with Crippen LogP contribution in [0.15, 0.2) is 24.3 Å². The zero-order chi connectivity index (χ0) is 12.7. The Morgan fingerprint density at radius 1 is 1.33 bits per heavy atom. The SMILES string of the molecule is O=C1C2COCCN2C(=O)N1c1cccc(F)c1. The standard InChI is InChI=1S/C12H11FN2O3/c13-8-2-1-3-9(6-8)15-11(16)10-7-18-5-4-14(10)12(15)17/h1-3,6,10H,4-5,7H2. The second-order valence-corrected chi connectivity index (χ2v) is 4.22. The highest BCUT2D eigenvalue weighted by molar-refractivity contribution is 6.21. The van der Waals surface area contributed by atoms with Gasteiger partial charge in [-0.05, 0) is 18.2 Å². The summed E-state index contributed by atoms with van der Waals surface area (Å²) in [5.41, 5.74) is 0.263. The van der Waals surface area contributed by atoms with Crippen molar-refractivity contribution in [1.82, 2.24) is 4.90 Å². The number of halogens is 1. The number of ether oxygens (including phenoxy) is 1. The number of amides is 3. The molecule has 94 valence electrons. The number of anilines is 1. The number of carbonyl (C=O) groups is 2. The molecular weight excluding hydrogens is 239 g/mol. The van der Waals surface area contributed by atoms with Gasteiger partial charge in [-0.1, -0.05) is 6.07 Å². The van der Waals surface area contributed by atoms with E-state index in [0.717, 1.165) is 4.90 Å². The van der Waals surface area contributed by atoms with E-state index in [4.69, 9.17) is 4.74 Å². The van der Waals surface area contributed by atoms with E-state index >= 15 is 0 Å². The first kappa shape index (κ1) is 11.2. The molecule has 0 radical (unpaired) electrons. The van der Waals surface area contributed by atoms with Gasteiger partial charge in [0.15, 0.2) is 0 Å². The van der Waals surface area contributed by atoms with Crippen LogP contribution in [0.1, 0.15) is 0 Å². The summed E-state index contributed by atoms with van der Waals surface area (Å²) < 4.78 is 18.4. The van der Waals surface area contributed by atoms with Crippen LogP contribution >= 0.6 is 0 Å². The zero-order valence-electron chi connectivity index (χ0n) is 9.51. The smallest absolute Gasteiger partial charge is 0.332 e. The molecule has 18 heavy (non-hydrogen) atoms. The van der Waals surface area contributed by atoms with Crippen molar-refractivity contribution in [2.24, 2.45) is 0 Å². The minimum Gasteiger partial charge on any atom is -0.377 e. The molecule has 0 spiro atoms. The number of rotatable bonds is 1. The van der Waals surface area contributed by atoms with Crippen LogP contribution in [0.25, 0.3) is 0 Å². The predicted octanol–water partition coefficient (Wildman–Crippen LogP) is 0.993. The van der Waals surface area contributed by atoms with Crippen molar-refractivity contribution in [2.45, 2.75) is 6.04 Å². The van der Waals surface area contributed by atoms with Gasteiger partial charge in [-0.15, -0.1) is 0 Å². The Morgan fingerprint density at radius 3 is 2.89 bits per heavy atom. The van der Waals surface area contributed by atoms with Gasteiger partial charge in [0.25, 0.3) is 5.91 Å². The van der Waals surface area contributed by atoms with Gasteiger partial charge in [-0.25, -0.2) is 14.1 Å². The van der Waals surface area contributed by atoms with Crippen molar-refractivity contribution < 1.29 is 18.7 Å². The second kappa shape index (κ2) is 4.06. The maximum atomic E-state index is 13.2. The van der Waals surface area contributed by atoms with E-state index in [0.29, 0.717) is 13.2 Å². The Hall–Kier alpha value is -1.95. The fraction of sp³-hybridized carbons (Fsp3) is 0.333. The summed E-state index contributed by atoms with van der Waals surface area (Å²) >= 11 is 0. The fourth-order valence-corrected chi connectivity index (χ4v) is 2.26. The van der Waals surface area contributed by atoms with Crippen molar-refractivity contribution in [3.8, 4) is 0 Å². The van der Waals surface area contributed by atoms with Crippen LogP contribution in [0, 0.1) is 5.82 Å². The number of urea groups is 1. The van der Waals surface area contributed by atoms with Crippen molar-refractivity contribution in [3.05, 3.63) is 30.1 Å². The number of carbonyl (C=O) groups excluding carboxylic acids is 2. The Labute approximate surface area is 103 Å². The molecule has 3 amide bonds. The number of fused-ring (bicyclic) bond motifs is 1. The van der Waals surface area contributed by atoms with E-state index in [1.54, 1.807) is 0 Å². The second-order valence-electron chi connectivity index (χ2n) is 4.22. The predicted molar refractivity (Wildman–Crippen MR) is 60.6 cm³/mol. The Morgan fingerprint density at radius 2 is 2.17 bits per heavy atom. The van der Waals surface area contributed by atoms with Gasteiger partial charge in [0.05, 0.1) is 18.9 Å². The number of morpholine rings is 1. The van der Waals surface area contributed by atoms with Crippen molar-refractivity contribution in [3.63, 3.8) is 0 Å². The molecule has 1 unspecified atom stereocenters. The van der Waals surface area contributed by atoms with E-state index in [1.807, 2.05) is 0 Å². The van der Waals surface area contributed by atoms with E-state index in [2.05, 4.69) is 0 Å². The van der Waals surface area contributed by atoms with Crippen LogP contribution in [-0.2, 0) is 9.53 Å². The fourth-order valence-electron chi connectivity index (χ4n) is 2.26. The van der Waals surface area contributed by atoms with Crippen molar-refractivity contribution in [1.29, 1.82) is 0 Å². The van der Waals surface area contributed by atoms with E-state index in [9.17, 15) is 14.0 Å². The van der Waals surface area contributed by atoms with Gasteiger partial charge in [-0.2, -0.15) is 0 Å². The number of hydrogen-bond acceptors (Lipinski definition) is 3. The molecule has 0 saturated carbocycles. The quantitative estimate of drug-likeness (QED) is 0.698. The summed E-state index contributed by atoms with van der Waals surface area (Å²) in [5.74, 6) is -0.834. The number of imide groups is 1. The van der Waals surface area contributed by atoms with E-state index in [-0.39, 0.29) is 18.2 Å². The molecular formula is C12H11FN2O3. The summed E-state index contributed by atoms with van der Waals surface area (Å²) in [4.78, 5) is 26.7. The third kappa shape index (κ3) is 1.57. The van der Waals surface area contributed by atoms with Gasteiger partial charge in [0.1, 0.15) is 11.9 Å². The lowest BCUT2D eigenvalue weighted by Crippen LogP contribution is -2.45. The molecule has 6 heteroatoms. The summed E-state index contributed by atoms with van der Waals surface area (Å²) in [7, 11) is 0. The first-order valence-electron chi connectivity index (χ1n) is 5.66. The van der Waals surface area contributed by atoms with Crippen molar-refractivity contribution in [2.75, 3.05) is 24.7 Å². The van der Waals surface area contributed by atoms with Crippen molar-refractivity contribution >= 4 is 17.6 Å². The molecule has 0 aromatic heterocycles. The minimum absolute atomic E-state index is 0.205.